The Bertz CT molecular complexity index is 2230. The third kappa shape index (κ3) is 7.10. The molecule has 1 aliphatic carbocycles. The number of methoxy groups -OCH3 is 2. The highest BCUT2D eigenvalue weighted by Crippen LogP contribution is 2.47. The molecule has 2 aromatic heterocycles. The van der Waals surface area contributed by atoms with E-state index in [4.69, 9.17) is 9.47 Å². The number of carbonyl (C=O) groups is 1. The summed E-state index contributed by atoms with van der Waals surface area (Å²) in [6, 6.07) is 18.0. The number of piperazine rings is 1. The molecule has 7 rings (SSSR count). The van der Waals surface area contributed by atoms with Crippen LogP contribution in [0, 0.1) is 25.2 Å². The van der Waals surface area contributed by atoms with Gasteiger partial charge in [-0.1, -0.05) is 24.3 Å². The number of fused-ring (bicyclic) bond motifs is 1. The predicted octanol–water partition coefficient (Wildman–Crippen LogP) is 6.75. The maximum absolute atomic E-state index is 13.7. The van der Waals surface area contributed by atoms with Crippen molar-refractivity contribution < 1.29 is 14.3 Å². The van der Waals surface area contributed by atoms with Gasteiger partial charge in [0.1, 0.15) is 27.7 Å². The summed E-state index contributed by atoms with van der Waals surface area (Å²) in [5, 5.41) is 9.93. The molecule has 11 heteroatoms. The number of aromatic nitrogens is 2. The maximum atomic E-state index is 13.7. The van der Waals surface area contributed by atoms with Crippen LogP contribution in [-0.2, 0) is 31.4 Å². The molecule has 0 N–H and O–H groups in total. The molecule has 1 amide bonds. The molecular weight excluding hydrogens is 744 g/mol. The molecule has 1 spiro atoms. The molecule has 280 valence electrons. The van der Waals surface area contributed by atoms with Gasteiger partial charge in [0.25, 0.3) is 11.5 Å². The van der Waals surface area contributed by atoms with Crippen LogP contribution in [0.15, 0.2) is 69.7 Å². The number of hydrogen-bond acceptors (Lipinski definition) is 8. The molecule has 3 aliphatic rings. The van der Waals surface area contributed by atoms with Gasteiger partial charge in [-0.25, -0.2) is 4.98 Å². The van der Waals surface area contributed by atoms with Crippen molar-refractivity contribution in [2.75, 3.05) is 40.4 Å². The van der Waals surface area contributed by atoms with E-state index in [9.17, 15) is 14.9 Å². The summed E-state index contributed by atoms with van der Waals surface area (Å²) >= 11 is 3.37. The summed E-state index contributed by atoms with van der Waals surface area (Å²) in [7, 11) is 5.20. The lowest BCUT2D eigenvalue weighted by Gasteiger charge is -2.43. The van der Waals surface area contributed by atoms with Gasteiger partial charge in [0.15, 0.2) is 0 Å². The third-order valence-corrected chi connectivity index (χ3v) is 12.2. The Balaban J connectivity index is 1.06. The van der Waals surface area contributed by atoms with Gasteiger partial charge in [-0.3, -0.25) is 19.4 Å². The second-order valence-corrected chi connectivity index (χ2v) is 15.7. The van der Waals surface area contributed by atoms with Gasteiger partial charge in [-0.05, 0) is 114 Å². The smallest absolute Gasteiger partial charge is 0.265 e. The lowest BCUT2D eigenvalue weighted by atomic mass is 9.88. The van der Waals surface area contributed by atoms with E-state index in [0.29, 0.717) is 23.4 Å². The molecule has 1 unspecified atom stereocenters. The predicted molar refractivity (Wildman–Crippen MR) is 213 cm³/mol. The fourth-order valence-corrected chi connectivity index (χ4v) is 8.76. The number of pyridine rings is 2. The van der Waals surface area contributed by atoms with Gasteiger partial charge in [0.2, 0.25) is 0 Å². The normalized spacial score (nSPS) is 18.3. The molecule has 4 aromatic rings. The molecule has 54 heavy (non-hydrogen) atoms. The molecule has 10 nitrogen and oxygen atoms in total. The number of halogens is 1. The highest BCUT2D eigenvalue weighted by atomic mass is 79.9. The fraction of sp³-hybridized carbons (Fsp3) is 0.395. The average Bonchev–Trinajstić information content (AvgIpc) is 3.94. The molecule has 2 fully saturated rings. The van der Waals surface area contributed by atoms with Crippen LogP contribution in [0.25, 0.3) is 17.2 Å². The minimum atomic E-state index is -0.268. The van der Waals surface area contributed by atoms with Crippen molar-refractivity contribution in [2.45, 2.75) is 64.7 Å². The van der Waals surface area contributed by atoms with Crippen molar-refractivity contribution >= 4 is 27.9 Å². The second kappa shape index (κ2) is 15.2. The van der Waals surface area contributed by atoms with E-state index < -0.39 is 0 Å². The molecule has 2 aliphatic heterocycles. The van der Waals surface area contributed by atoms with E-state index in [1.807, 2.05) is 37.1 Å². The Morgan fingerprint density at radius 1 is 1.04 bits per heavy atom. The van der Waals surface area contributed by atoms with Gasteiger partial charge in [-0.15, -0.1) is 0 Å². The number of nitriles is 1. The third-order valence-electron chi connectivity index (χ3n) is 11.8. The molecule has 0 bridgehead atoms. The van der Waals surface area contributed by atoms with Crippen molar-refractivity contribution in [2.24, 2.45) is 7.05 Å². The lowest BCUT2D eigenvalue weighted by molar-refractivity contribution is -0.129. The van der Waals surface area contributed by atoms with Crippen LogP contribution in [0.1, 0.15) is 64.9 Å². The Morgan fingerprint density at radius 3 is 2.43 bits per heavy atom. The zero-order chi connectivity index (χ0) is 38.3. The Kier molecular flexibility index (Phi) is 10.5. The standard InChI is InChI=1S/C43H47BrN6O4/c1-27-28(2)41(51)47(4)24-36(27)31-20-38(53-5)37(39(21-31)54-6)25-48-17-18-49(43(26-48)14-15-43)23-30-9-7-11-34-29(3)50(16-13-35(30)34)42(52)32(22-45)19-33-10-8-12-40(44)46-33/h7-12,19-21,24,29H,13-18,23,25-26H2,1-6H3/b32-19+. The summed E-state index contributed by atoms with van der Waals surface area (Å²) in [4.78, 5) is 37.6. The minimum Gasteiger partial charge on any atom is -0.496 e. The first kappa shape index (κ1) is 37.6. The molecular formula is C43H47BrN6O4. The van der Waals surface area contributed by atoms with Crippen LogP contribution in [-0.4, -0.2) is 76.1 Å². The SMILES string of the molecule is COc1cc(-c2cn(C)c(=O)c(C)c2C)cc(OC)c1CN1CCN(Cc2cccc3c2CCN(C(=O)/C(C#N)=C/c2cccc(Br)n2)C3C)C2(CC2)C1. The van der Waals surface area contributed by atoms with Crippen molar-refractivity contribution in [1.82, 2.24) is 24.3 Å². The number of hydrogen-bond donors (Lipinski definition) is 0. The van der Waals surface area contributed by atoms with Gasteiger partial charge >= 0.3 is 0 Å². The van der Waals surface area contributed by atoms with E-state index in [1.165, 1.54) is 11.1 Å². The number of nitrogens with zero attached hydrogens (tertiary/aromatic N) is 6. The highest BCUT2D eigenvalue weighted by molar-refractivity contribution is 9.10. The van der Waals surface area contributed by atoms with Gasteiger partial charge in [0.05, 0.1) is 31.5 Å². The summed E-state index contributed by atoms with van der Waals surface area (Å²) in [5.41, 5.74) is 9.24. The highest BCUT2D eigenvalue weighted by Gasteiger charge is 2.51. The van der Waals surface area contributed by atoms with Crippen molar-refractivity contribution in [3.8, 4) is 28.7 Å². The molecule has 2 aromatic carbocycles. The number of amides is 1. The zero-order valence-electron chi connectivity index (χ0n) is 31.9. The monoisotopic (exact) mass is 790 g/mol. The van der Waals surface area contributed by atoms with Crippen LogP contribution >= 0.6 is 15.9 Å². The maximum Gasteiger partial charge on any atom is 0.265 e. The van der Waals surface area contributed by atoms with Crippen LogP contribution < -0.4 is 15.0 Å². The molecule has 1 saturated heterocycles. The molecule has 1 atom stereocenters. The topological polar surface area (TPSA) is 104 Å². The van der Waals surface area contributed by atoms with E-state index >= 15 is 0 Å². The summed E-state index contributed by atoms with van der Waals surface area (Å²) in [6.45, 7) is 10.9. The fourth-order valence-electron chi connectivity index (χ4n) is 8.41. The average molecular weight is 792 g/mol. The van der Waals surface area contributed by atoms with Crippen molar-refractivity contribution in [1.29, 1.82) is 5.26 Å². The van der Waals surface area contributed by atoms with Crippen molar-refractivity contribution in [3.05, 3.63) is 114 Å². The van der Waals surface area contributed by atoms with Gasteiger partial charge in [0, 0.05) is 69.2 Å². The largest absolute Gasteiger partial charge is 0.496 e. The first-order valence-electron chi connectivity index (χ1n) is 18.5. The number of carbonyl (C=O) groups excluding carboxylic acids is 1. The number of ether oxygens (including phenoxy) is 2. The minimum absolute atomic E-state index is 0.00897. The van der Waals surface area contributed by atoms with E-state index in [2.05, 4.69) is 74.0 Å². The molecule has 4 heterocycles. The van der Waals surface area contributed by atoms with Gasteiger partial charge < -0.3 is 18.9 Å². The van der Waals surface area contributed by atoms with Crippen LogP contribution in [0.3, 0.4) is 0 Å². The Hall–Kier alpha value is -4.76. The number of aryl methyl sites for hydroxylation is 1. The first-order chi connectivity index (χ1) is 26.0. The Morgan fingerprint density at radius 2 is 1.76 bits per heavy atom. The van der Waals surface area contributed by atoms with E-state index in [1.54, 1.807) is 38.0 Å². The van der Waals surface area contributed by atoms with Gasteiger partial charge in [-0.2, -0.15) is 5.26 Å². The second-order valence-electron chi connectivity index (χ2n) is 14.9. The summed E-state index contributed by atoms with van der Waals surface area (Å²) in [6.07, 6.45) is 6.52. The Labute approximate surface area is 325 Å². The zero-order valence-corrected chi connectivity index (χ0v) is 33.5. The van der Waals surface area contributed by atoms with E-state index in [0.717, 1.165) is 90.3 Å². The summed E-state index contributed by atoms with van der Waals surface area (Å²) in [5.74, 6) is 1.29. The molecule has 0 radical (unpaired) electrons. The number of benzene rings is 2. The van der Waals surface area contributed by atoms with E-state index in [-0.39, 0.29) is 28.6 Å². The quantitative estimate of drug-likeness (QED) is 0.104. The lowest BCUT2D eigenvalue weighted by Crippen LogP contribution is -2.54. The summed E-state index contributed by atoms with van der Waals surface area (Å²) < 4.78 is 14.3. The number of rotatable bonds is 9. The first-order valence-corrected chi connectivity index (χ1v) is 19.3. The van der Waals surface area contributed by atoms with Crippen LogP contribution in [0.5, 0.6) is 11.5 Å². The molecule has 1 saturated carbocycles. The van der Waals surface area contributed by atoms with Crippen LogP contribution in [0.4, 0.5) is 0 Å². The van der Waals surface area contributed by atoms with Crippen molar-refractivity contribution in [3.63, 3.8) is 0 Å². The van der Waals surface area contributed by atoms with Crippen LogP contribution in [0.2, 0.25) is 0 Å².